The Balaban J connectivity index is 1.90. The summed E-state index contributed by atoms with van der Waals surface area (Å²) in [7, 11) is -3.03. The van der Waals surface area contributed by atoms with Crippen LogP contribution < -0.4 is 11.1 Å². The smallest absolute Gasteiger partial charge is 0.364 e. The molecule has 3 rings (SSSR count). The van der Waals surface area contributed by atoms with Crippen LogP contribution >= 0.6 is 7.82 Å². The molecule has 1 aliphatic carbocycles. The third-order valence-electron chi connectivity index (χ3n) is 5.41. The van der Waals surface area contributed by atoms with Gasteiger partial charge in [0.05, 0.1) is 12.7 Å². The summed E-state index contributed by atoms with van der Waals surface area (Å²) in [5.74, 6) is 1.27. The van der Waals surface area contributed by atoms with Crippen molar-refractivity contribution < 1.29 is 33.1 Å². The van der Waals surface area contributed by atoms with Crippen LogP contribution in [0.15, 0.2) is 0 Å². The molecule has 29 heavy (non-hydrogen) atoms. The number of carbonyl (C=O) groups excluding carboxylic acids is 1. The van der Waals surface area contributed by atoms with Gasteiger partial charge in [-0.2, -0.15) is 0 Å². The third-order valence-corrected chi connectivity index (χ3v) is 5.89. The molecule has 12 heteroatoms. The normalized spacial score (nSPS) is 28.2. The van der Waals surface area contributed by atoms with Crippen molar-refractivity contribution in [3.8, 4) is 0 Å². The van der Waals surface area contributed by atoms with Gasteiger partial charge >= 0.3 is 7.82 Å². The van der Waals surface area contributed by atoms with Crippen LogP contribution in [-0.2, 0) is 18.6 Å². The maximum atomic E-state index is 12.1. The second kappa shape index (κ2) is 8.71. The predicted octanol–water partition coefficient (Wildman–Crippen LogP) is 1.69. The molecular weight excluding hydrogens is 403 g/mol. The number of rotatable bonds is 9. The quantitative estimate of drug-likeness (QED) is 0.336. The van der Waals surface area contributed by atoms with Crippen LogP contribution in [-0.4, -0.2) is 51.3 Å². The third kappa shape index (κ3) is 5.17. The zero-order valence-corrected chi connectivity index (χ0v) is 17.7. The van der Waals surface area contributed by atoms with Gasteiger partial charge in [-0.05, 0) is 38.5 Å². The minimum absolute atomic E-state index is 0.127. The van der Waals surface area contributed by atoms with Crippen molar-refractivity contribution in [2.75, 3.05) is 19.0 Å². The first kappa shape index (κ1) is 22.2. The van der Waals surface area contributed by atoms with Crippen molar-refractivity contribution >= 4 is 19.5 Å². The molecule has 5 N–H and O–H groups in total. The number of anilines is 1. The Morgan fingerprint density at radius 3 is 2.69 bits per heavy atom. The maximum absolute atomic E-state index is 12.1. The van der Waals surface area contributed by atoms with Gasteiger partial charge in [0, 0.05) is 13.0 Å². The molecule has 164 valence electrons. The highest BCUT2D eigenvalue weighted by Crippen LogP contribution is 2.45. The van der Waals surface area contributed by atoms with Gasteiger partial charge in [0.1, 0.15) is 24.1 Å². The molecule has 0 bridgehead atoms. The predicted molar refractivity (Wildman–Crippen MR) is 103 cm³/mol. The number of aromatic nitrogens is 2. The Morgan fingerprint density at radius 1 is 1.45 bits per heavy atom. The standard InChI is InChI=1S/C17H29N4O7P/c1-9-6-11(7-9)16-20-14(15(18)22)17(19-10(2)26-3)21(16)13-5-4-12(28-13)8-27-29(23,24)25/h9-13,19H,4-8H2,1-3H3,(H2,18,22)(H2,23,24,25). The van der Waals surface area contributed by atoms with E-state index < -0.39 is 32.3 Å². The van der Waals surface area contributed by atoms with Gasteiger partial charge in [0.25, 0.3) is 5.91 Å². The maximum Gasteiger partial charge on any atom is 0.469 e. The molecule has 1 aliphatic heterocycles. The summed E-state index contributed by atoms with van der Waals surface area (Å²) in [6, 6.07) is 0. The largest absolute Gasteiger partial charge is 0.469 e. The lowest BCUT2D eigenvalue weighted by molar-refractivity contribution is -0.0239. The number of phosphoric acid groups is 1. The summed E-state index contributed by atoms with van der Waals surface area (Å²) in [4.78, 5) is 34.4. The number of nitrogens with one attached hydrogen (secondary N) is 1. The van der Waals surface area contributed by atoms with E-state index in [1.807, 2.05) is 4.57 Å². The van der Waals surface area contributed by atoms with E-state index in [-0.39, 0.29) is 18.2 Å². The lowest BCUT2D eigenvalue weighted by Gasteiger charge is -2.34. The second-order valence-corrected chi connectivity index (χ2v) is 9.01. The minimum atomic E-state index is -4.57. The zero-order valence-electron chi connectivity index (χ0n) is 16.8. The number of amides is 1. The fraction of sp³-hybridized carbons (Fsp3) is 0.765. The highest BCUT2D eigenvalue weighted by atomic mass is 31.2. The van der Waals surface area contributed by atoms with Crippen LogP contribution in [0.3, 0.4) is 0 Å². The first-order valence-corrected chi connectivity index (χ1v) is 11.2. The van der Waals surface area contributed by atoms with E-state index in [1.165, 1.54) is 0 Å². The Bertz CT molecular complexity index is 789. The fourth-order valence-corrected chi connectivity index (χ4v) is 4.24. The van der Waals surface area contributed by atoms with Crippen molar-refractivity contribution in [3.05, 3.63) is 11.5 Å². The van der Waals surface area contributed by atoms with Crippen molar-refractivity contribution in [3.63, 3.8) is 0 Å². The van der Waals surface area contributed by atoms with Crippen molar-refractivity contribution in [1.29, 1.82) is 0 Å². The molecule has 2 fully saturated rings. The number of primary amides is 1. The van der Waals surface area contributed by atoms with Gasteiger partial charge in [-0.25, -0.2) is 9.55 Å². The molecule has 1 saturated carbocycles. The second-order valence-electron chi connectivity index (χ2n) is 7.77. The van der Waals surface area contributed by atoms with E-state index in [9.17, 15) is 9.36 Å². The number of phosphoric ester groups is 1. The summed E-state index contributed by atoms with van der Waals surface area (Å²) >= 11 is 0. The van der Waals surface area contributed by atoms with Gasteiger partial charge < -0.3 is 30.3 Å². The van der Waals surface area contributed by atoms with Crippen LogP contribution in [0.4, 0.5) is 5.82 Å². The summed E-state index contributed by atoms with van der Waals surface area (Å²) in [6.45, 7) is 3.73. The van der Waals surface area contributed by atoms with Crippen molar-refractivity contribution in [2.45, 2.75) is 64.0 Å². The monoisotopic (exact) mass is 432 g/mol. The summed E-state index contributed by atoms with van der Waals surface area (Å²) in [6.07, 6.45) is 1.69. The number of carbonyl (C=O) groups is 1. The van der Waals surface area contributed by atoms with Gasteiger partial charge in [-0.15, -0.1) is 0 Å². The van der Waals surface area contributed by atoms with E-state index in [1.54, 1.807) is 14.0 Å². The Hall–Kier alpha value is -1.49. The van der Waals surface area contributed by atoms with E-state index >= 15 is 0 Å². The Labute approximate surface area is 169 Å². The van der Waals surface area contributed by atoms with Crippen LogP contribution in [0.25, 0.3) is 0 Å². The fourth-order valence-electron chi connectivity index (χ4n) is 3.88. The molecule has 0 spiro atoms. The minimum Gasteiger partial charge on any atom is -0.364 e. The summed E-state index contributed by atoms with van der Waals surface area (Å²) in [5, 5.41) is 3.13. The molecule has 1 aromatic heterocycles. The number of hydrogen-bond donors (Lipinski definition) is 4. The van der Waals surface area contributed by atoms with Crippen LogP contribution in [0.5, 0.6) is 0 Å². The summed E-state index contributed by atoms with van der Waals surface area (Å²) in [5.41, 5.74) is 5.71. The van der Waals surface area contributed by atoms with Crippen LogP contribution in [0, 0.1) is 5.92 Å². The molecule has 3 atom stereocenters. The molecule has 1 amide bonds. The zero-order chi connectivity index (χ0) is 21.3. The van der Waals surface area contributed by atoms with Gasteiger partial charge in [-0.1, -0.05) is 6.92 Å². The van der Waals surface area contributed by atoms with Crippen molar-refractivity contribution in [2.24, 2.45) is 11.7 Å². The highest BCUT2D eigenvalue weighted by Gasteiger charge is 2.38. The van der Waals surface area contributed by atoms with E-state index in [0.29, 0.717) is 24.6 Å². The number of nitrogens with two attached hydrogens (primary N) is 1. The lowest BCUT2D eigenvalue weighted by Crippen LogP contribution is -2.27. The topological polar surface area (TPSA) is 158 Å². The number of methoxy groups -OCH3 is 1. The lowest BCUT2D eigenvalue weighted by atomic mass is 9.75. The molecule has 2 heterocycles. The molecule has 1 aromatic rings. The number of ether oxygens (including phenoxy) is 2. The molecule has 0 radical (unpaired) electrons. The number of nitrogens with zero attached hydrogens (tertiary/aromatic N) is 2. The first-order valence-electron chi connectivity index (χ1n) is 9.65. The molecular formula is C17H29N4O7P. The number of imidazole rings is 1. The van der Waals surface area contributed by atoms with Gasteiger partial charge in [-0.3, -0.25) is 13.9 Å². The average Bonchev–Trinajstić information content (AvgIpc) is 3.20. The van der Waals surface area contributed by atoms with Gasteiger partial charge in [0.15, 0.2) is 5.69 Å². The van der Waals surface area contributed by atoms with Gasteiger partial charge in [0.2, 0.25) is 0 Å². The molecule has 0 aromatic carbocycles. The molecule has 3 unspecified atom stereocenters. The molecule has 2 aliphatic rings. The van der Waals surface area contributed by atoms with E-state index in [4.69, 9.17) is 25.0 Å². The van der Waals surface area contributed by atoms with E-state index in [0.717, 1.165) is 18.7 Å². The molecule has 1 saturated heterocycles. The molecule has 11 nitrogen and oxygen atoms in total. The van der Waals surface area contributed by atoms with Crippen LogP contribution in [0.1, 0.15) is 68.0 Å². The Morgan fingerprint density at radius 2 is 2.14 bits per heavy atom. The Kier molecular flexibility index (Phi) is 6.67. The van der Waals surface area contributed by atoms with E-state index in [2.05, 4.69) is 21.7 Å². The summed E-state index contributed by atoms with van der Waals surface area (Å²) < 4.78 is 28.7. The van der Waals surface area contributed by atoms with Crippen molar-refractivity contribution in [1.82, 2.24) is 9.55 Å². The highest BCUT2D eigenvalue weighted by molar-refractivity contribution is 7.46. The average molecular weight is 432 g/mol. The SMILES string of the molecule is COC(C)Nc1c(C(N)=O)nc(C2CC(C)C2)n1C1CCC(COP(=O)(O)O)O1. The number of hydrogen-bond acceptors (Lipinski definition) is 7. The van der Waals surface area contributed by atoms with Crippen LogP contribution in [0.2, 0.25) is 0 Å². The first-order chi connectivity index (χ1) is 13.6.